The Balaban J connectivity index is 2.21. The molecule has 0 aliphatic carbocycles. The van der Waals surface area contributed by atoms with Gasteiger partial charge in [0.15, 0.2) is 0 Å². The van der Waals surface area contributed by atoms with Gasteiger partial charge in [0.05, 0.1) is 4.47 Å². The number of hydrogen-bond acceptors (Lipinski definition) is 4. The summed E-state index contributed by atoms with van der Waals surface area (Å²) >= 11 is 3.47. The number of nitrogens with one attached hydrogen (secondary N) is 2. The molecule has 1 aromatic carbocycles. The maximum atomic E-state index is 4.47. The zero-order chi connectivity index (χ0) is 13.7. The predicted octanol–water partition coefficient (Wildman–Crippen LogP) is 4.11. The van der Waals surface area contributed by atoms with Crippen molar-refractivity contribution in [2.75, 3.05) is 17.2 Å². The molecule has 0 unspecified atom stereocenters. The Morgan fingerprint density at radius 3 is 2.79 bits per heavy atom. The van der Waals surface area contributed by atoms with E-state index in [2.05, 4.69) is 56.4 Å². The first-order chi connectivity index (χ1) is 9.20. The zero-order valence-corrected chi connectivity index (χ0v) is 12.7. The van der Waals surface area contributed by atoms with Crippen molar-refractivity contribution in [3.8, 4) is 0 Å². The minimum absolute atomic E-state index is 0.640. The number of aryl methyl sites for hydroxylation is 1. The molecule has 0 saturated heterocycles. The van der Waals surface area contributed by atoms with Gasteiger partial charge in [-0.25, -0.2) is 4.98 Å². The van der Waals surface area contributed by atoms with Crippen LogP contribution in [-0.2, 0) is 0 Å². The standard InChI is InChI=1S/C14H17BrN4/c1-3-8-16-14-17-9-11(15)13(19-14)18-12-7-5-4-6-10(12)2/h4-7,9H,3,8H2,1-2H3,(H2,16,17,18,19). The number of anilines is 3. The molecule has 2 aromatic rings. The number of halogens is 1. The van der Waals surface area contributed by atoms with Gasteiger partial charge in [-0.3, -0.25) is 0 Å². The van der Waals surface area contributed by atoms with Gasteiger partial charge in [-0.1, -0.05) is 25.1 Å². The summed E-state index contributed by atoms with van der Waals surface area (Å²) in [6, 6.07) is 8.11. The molecule has 0 amide bonds. The Morgan fingerprint density at radius 2 is 2.05 bits per heavy atom. The molecule has 0 saturated carbocycles. The molecule has 4 nitrogen and oxygen atoms in total. The van der Waals surface area contributed by atoms with E-state index in [1.807, 2.05) is 18.2 Å². The van der Waals surface area contributed by atoms with Crippen LogP contribution in [0, 0.1) is 6.92 Å². The quantitative estimate of drug-likeness (QED) is 0.870. The van der Waals surface area contributed by atoms with Crippen LogP contribution in [0.2, 0.25) is 0 Å². The molecule has 1 aromatic heterocycles. The molecule has 0 radical (unpaired) electrons. The lowest BCUT2D eigenvalue weighted by molar-refractivity contribution is 0.952. The Labute approximate surface area is 121 Å². The van der Waals surface area contributed by atoms with Crippen LogP contribution < -0.4 is 10.6 Å². The second-order valence-corrected chi connectivity index (χ2v) is 5.11. The van der Waals surface area contributed by atoms with Crippen LogP contribution in [-0.4, -0.2) is 16.5 Å². The summed E-state index contributed by atoms with van der Waals surface area (Å²) in [4.78, 5) is 8.70. The molecule has 0 aliphatic rings. The fraction of sp³-hybridized carbons (Fsp3) is 0.286. The lowest BCUT2D eigenvalue weighted by atomic mass is 10.2. The van der Waals surface area contributed by atoms with Crippen molar-refractivity contribution in [2.24, 2.45) is 0 Å². The highest BCUT2D eigenvalue weighted by Gasteiger charge is 2.06. The van der Waals surface area contributed by atoms with Crippen LogP contribution in [0.5, 0.6) is 0 Å². The van der Waals surface area contributed by atoms with Crippen LogP contribution in [0.3, 0.4) is 0 Å². The number of nitrogens with zero attached hydrogens (tertiary/aromatic N) is 2. The van der Waals surface area contributed by atoms with E-state index >= 15 is 0 Å². The van der Waals surface area contributed by atoms with Crippen molar-refractivity contribution in [3.63, 3.8) is 0 Å². The van der Waals surface area contributed by atoms with E-state index in [9.17, 15) is 0 Å². The van der Waals surface area contributed by atoms with Gasteiger partial charge >= 0.3 is 0 Å². The van der Waals surface area contributed by atoms with Gasteiger partial charge in [0.25, 0.3) is 0 Å². The normalized spacial score (nSPS) is 10.3. The summed E-state index contributed by atoms with van der Waals surface area (Å²) in [6.07, 6.45) is 2.80. The largest absolute Gasteiger partial charge is 0.354 e. The van der Waals surface area contributed by atoms with Crippen molar-refractivity contribution in [1.82, 2.24) is 9.97 Å². The van der Waals surface area contributed by atoms with Gasteiger partial charge < -0.3 is 10.6 Å². The highest BCUT2D eigenvalue weighted by atomic mass is 79.9. The molecule has 1 heterocycles. The van der Waals surface area contributed by atoms with Crippen LogP contribution in [0.1, 0.15) is 18.9 Å². The fourth-order valence-electron chi connectivity index (χ4n) is 1.62. The van der Waals surface area contributed by atoms with E-state index in [0.717, 1.165) is 28.9 Å². The summed E-state index contributed by atoms with van der Waals surface area (Å²) in [6.45, 7) is 5.04. The topological polar surface area (TPSA) is 49.8 Å². The van der Waals surface area contributed by atoms with E-state index in [1.54, 1.807) is 6.20 Å². The average molecular weight is 321 g/mol. The maximum absolute atomic E-state index is 4.47. The SMILES string of the molecule is CCCNc1ncc(Br)c(Nc2ccccc2C)n1. The number of rotatable bonds is 5. The minimum atomic E-state index is 0.640. The van der Waals surface area contributed by atoms with Gasteiger partial charge in [0.1, 0.15) is 5.82 Å². The first-order valence-electron chi connectivity index (χ1n) is 6.29. The highest BCUT2D eigenvalue weighted by Crippen LogP contribution is 2.25. The van der Waals surface area contributed by atoms with Crippen LogP contribution in [0.15, 0.2) is 34.9 Å². The molecule has 0 fully saturated rings. The third kappa shape index (κ3) is 3.67. The Kier molecular flexibility index (Phi) is 4.74. The van der Waals surface area contributed by atoms with Crippen LogP contribution >= 0.6 is 15.9 Å². The second kappa shape index (κ2) is 6.52. The summed E-state index contributed by atoms with van der Waals surface area (Å²) < 4.78 is 0.845. The molecule has 0 aliphatic heterocycles. The Hall–Kier alpha value is -1.62. The van der Waals surface area contributed by atoms with E-state index in [4.69, 9.17) is 0 Å². The first kappa shape index (κ1) is 13.8. The Morgan fingerprint density at radius 1 is 1.26 bits per heavy atom. The van der Waals surface area contributed by atoms with Crippen molar-refractivity contribution < 1.29 is 0 Å². The number of para-hydroxylation sites is 1. The first-order valence-corrected chi connectivity index (χ1v) is 7.09. The third-order valence-corrected chi connectivity index (χ3v) is 3.26. The number of hydrogen-bond donors (Lipinski definition) is 2. The monoisotopic (exact) mass is 320 g/mol. The van der Waals surface area contributed by atoms with Crippen molar-refractivity contribution in [3.05, 3.63) is 40.5 Å². The molecule has 5 heteroatoms. The Bertz CT molecular complexity index is 557. The average Bonchev–Trinajstić information content (AvgIpc) is 2.42. The van der Waals surface area contributed by atoms with E-state index in [1.165, 1.54) is 5.56 Å². The van der Waals surface area contributed by atoms with Crippen LogP contribution in [0.25, 0.3) is 0 Å². The van der Waals surface area contributed by atoms with Gasteiger partial charge in [0, 0.05) is 18.4 Å². The molecule has 0 atom stereocenters. The molecule has 0 bridgehead atoms. The second-order valence-electron chi connectivity index (χ2n) is 4.26. The highest BCUT2D eigenvalue weighted by molar-refractivity contribution is 9.10. The van der Waals surface area contributed by atoms with Crippen molar-refractivity contribution in [2.45, 2.75) is 20.3 Å². The summed E-state index contributed by atoms with van der Waals surface area (Å²) in [5.74, 6) is 1.41. The molecule has 0 spiro atoms. The van der Waals surface area contributed by atoms with Crippen molar-refractivity contribution in [1.29, 1.82) is 0 Å². The van der Waals surface area contributed by atoms with E-state index in [-0.39, 0.29) is 0 Å². The van der Waals surface area contributed by atoms with Gasteiger partial charge in [0.2, 0.25) is 5.95 Å². The maximum Gasteiger partial charge on any atom is 0.224 e. The summed E-state index contributed by atoms with van der Waals surface area (Å²) in [5.41, 5.74) is 2.22. The fourth-order valence-corrected chi connectivity index (χ4v) is 1.91. The summed E-state index contributed by atoms with van der Waals surface area (Å²) in [7, 11) is 0. The number of benzene rings is 1. The van der Waals surface area contributed by atoms with Gasteiger partial charge in [-0.15, -0.1) is 0 Å². The number of aromatic nitrogens is 2. The minimum Gasteiger partial charge on any atom is -0.354 e. The lowest BCUT2D eigenvalue weighted by Gasteiger charge is -2.11. The zero-order valence-electron chi connectivity index (χ0n) is 11.1. The predicted molar refractivity (Wildman–Crippen MR) is 83.0 cm³/mol. The van der Waals surface area contributed by atoms with E-state index in [0.29, 0.717) is 5.95 Å². The molecular weight excluding hydrogens is 304 g/mol. The van der Waals surface area contributed by atoms with E-state index < -0.39 is 0 Å². The van der Waals surface area contributed by atoms with Gasteiger partial charge in [-0.2, -0.15) is 4.98 Å². The van der Waals surface area contributed by atoms with Gasteiger partial charge in [-0.05, 0) is 40.9 Å². The lowest BCUT2D eigenvalue weighted by Crippen LogP contribution is -2.06. The van der Waals surface area contributed by atoms with Crippen molar-refractivity contribution >= 4 is 33.4 Å². The molecular formula is C14H17BrN4. The van der Waals surface area contributed by atoms with Crippen LogP contribution in [0.4, 0.5) is 17.5 Å². The summed E-state index contributed by atoms with van der Waals surface area (Å²) in [5, 5.41) is 6.50. The smallest absolute Gasteiger partial charge is 0.224 e. The third-order valence-electron chi connectivity index (χ3n) is 2.68. The molecule has 100 valence electrons. The molecule has 2 N–H and O–H groups in total. The molecule has 19 heavy (non-hydrogen) atoms. The molecule has 2 rings (SSSR count).